The van der Waals surface area contributed by atoms with Crippen molar-refractivity contribution in [1.82, 2.24) is 0 Å². The molecule has 0 atom stereocenters. The first-order valence-corrected chi connectivity index (χ1v) is 6.42. The quantitative estimate of drug-likeness (QED) is 0.621. The Morgan fingerprint density at radius 2 is 1.65 bits per heavy atom. The van der Waals surface area contributed by atoms with Gasteiger partial charge in [-0.05, 0) is 37.5 Å². The summed E-state index contributed by atoms with van der Waals surface area (Å²) in [6, 6.07) is 11.0. The highest BCUT2D eigenvalue weighted by atomic mass is 16.6. The molecule has 0 aliphatic rings. The largest absolute Gasteiger partial charge is 0.488 e. The molecule has 4 nitrogen and oxygen atoms in total. The van der Waals surface area contributed by atoms with E-state index in [9.17, 15) is 10.1 Å². The van der Waals surface area contributed by atoms with Gasteiger partial charge in [0, 0.05) is 11.6 Å². The molecule has 0 aliphatic carbocycles. The molecule has 2 aromatic rings. The lowest BCUT2D eigenvalue weighted by atomic mass is 10.1. The Morgan fingerprint density at radius 3 is 2.25 bits per heavy atom. The highest BCUT2D eigenvalue weighted by molar-refractivity contribution is 5.45. The van der Waals surface area contributed by atoms with E-state index >= 15 is 0 Å². The van der Waals surface area contributed by atoms with Crippen molar-refractivity contribution in [3.8, 4) is 5.75 Å². The van der Waals surface area contributed by atoms with E-state index in [-0.39, 0.29) is 10.6 Å². The molecule has 0 unspecified atom stereocenters. The van der Waals surface area contributed by atoms with Crippen molar-refractivity contribution in [2.45, 2.75) is 27.4 Å². The van der Waals surface area contributed by atoms with Gasteiger partial charge in [0.25, 0.3) is 5.69 Å². The zero-order chi connectivity index (χ0) is 14.7. The summed E-state index contributed by atoms with van der Waals surface area (Å²) in [5, 5.41) is 10.9. The lowest BCUT2D eigenvalue weighted by Crippen LogP contribution is -2.02. The third-order valence-corrected chi connectivity index (χ3v) is 3.39. The van der Waals surface area contributed by atoms with Crippen molar-refractivity contribution in [1.29, 1.82) is 0 Å². The summed E-state index contributed by atoms with van der Waals surface area (Å²) in [6.07, 6.45) is 0. The zero-order valence-corrected chi connectivity index (χ0v) is 11.8. The first-order valence-electron chi connectivity index (χ1n) is 6.42. The molecule has 104 valence electrons. The number of aryl methyl sites for hydroxylation is 2. The van der Waals surface area contributed by atoms with Crippen LogP contribution in [0.5, 0.6) is 5.75 Å². The fourth-order valence-corrected chi connectivity index (χ4v) is 2.20. The molecule has 0 N–H and O–H groups in total. The number of nitro benzene ring substituents is 1. The van der Waals surface area contributed by atoms with E-state index < -0.39 is 0 Å². The van der Waals surface area contributed by atoms with E-state index in [4.69, 9.17) is 4.74 Å². The van der Waals surface area contributed by atoms with E-state index in [0.29, 0.717) is 12.2 Å². The van der Waals surface area contributed by atoms with Crippen molar-refractivity contribution in [2.24, 2.45) is 0 Å². The summed E-state index contributed by atoms with van der Waals surface area (Å²) in [6.45, 7) is 6.06. The van der Waals surface area contributed by atoms with Crippen molar-refractivity contribution >= 4 is 5.69 Å². The topological polar surface area (TPSA) is 52.4 Å². The van der Waals surface area contributed by atoms with Crippen LogP contribution < -0.4 is 4.74 Å². The van der Waals surface area contributed by atoms with Gasteiger partial charge in [0.1, 0.15) is 12.4 Å². The van der Waals surface area contributed by atoms with Gasteiger partial charge in [-0.15, -0.1) is 0 Å². The summed E-state index contributed by atoms with van der Waals surface area (Å²) in [5.74, 6) is 0.846. The lowest BCUT2D eigenvalue weighted by molar-refractivity contribution is -0.385. The molecule has 0 heterocycles. The van der Waals surface area contributed by atoms with Gasteiger partial charge in [0.15, 0.2) is 0 Å². The van der Waals surface area contributed by atoms with Crippen LogP contribution in [-0.4, -0.2) is 4.92 Å². The van der Waals surface area contributed by atoms with Gasteiger partial charge in [0.05, 0.1) is 4.92 Å². The van der Waals surface area contributed by atoms with E-state index in [1.54, 1.807) is 13.0 Å². The molecule has 0 spiro atoms. The summed E-state index contributed by atoms with van der Waals surface area (Å²) in [7, 11) is 0. The Balaban J connectivity index is 2.24. The molecule has 0 bridgehead atoms. The number of hydrogen-bond donors (Lipinski definition) is 0. The van der Waals surface area contributed by atoms with Gasteiger partial charge in [0.2, 0.25) is 0 Å². The summed E-state index contributed by atoms with van der Waals surface area (Å²) in [4.78, 5) is 10.6. The Hall–Kier alpha value is -2.36. The third-order valence-electron chi connectivity index (χ3n) is 3.39. The predicted molar refractivity (Wildman–Crippen MR) is 78.1 cm³/mol. The lowest BCUT2D eigenvalue weighted by Gasteiger charge is -2.13. The van der Waals surface area contributed by atoms with Crippen molar-refractivity contribution in [3.63, 3.8) is 0 Å². The number of benzene rings is 2. The van der Waals surface area contributed by atoms with E-state index in [2.05, 4.69) is 0 Å². The first kappa shape index (κ1) is 14.1. The van der Waals surface area contributed by atoms with Crippen LogP contribution in [0.15, 0.2) is 36.4 Å². The maximum absolute atomic E-state index is 10.9. The van der Waals surface area contributed by atoms with Crippen LogP contribution in [0.2, 0.25) is 0 Å². The normalized spacial score (nSPS) is 10.3. The van der Waals surface area contributed by atoms with Gasteiger partial charge in [-0.3, -0.25) is 10.1 Å². The van der Waals surface area contributed by atoms with Gasteiger partial charge in [-0.2, -0.15) is 0 Å². The van der Waals surface area contributed by atoms with E-state index in [1.807, 2.05) is 38.1 Å². The highest BCUT2D eigenvalue weighted by Crippen LogP contribution is 2.26. The number of nitrogens with zero attached hydrogens (tertiary/aromatic N) is 1. The Bertz CT molecular complexity index is 630. The van der Waals surface area contributed by atoms with Crippen LogP contribution in [0.3, 0.4) is 0 Å². The molecule has 2 aromatic carbocycles. The minimum atomic E-state index is -0.363. The molecule has 0 aromatic heterocycles. The number of nitro groups is 1. The minimum absolute atomic E-state index is 0.132. The van der Waals surface area contributed by atoms with Crippen LogP contribution in [0.4, 0.5) is 5.69 Å². The average molecular weight is 271 g/mol. The number of rotatable bonds is 4. The number of hydrogen-bond acceptors (Lipinski definition) is 3. The Morgan fingerprint density at radius 1 is 1.05 bits per heavy atom. The SMILES string of the molecule is Cc1cccc(C)c1OCc1cccc([N+](=O)[O-])c1C. The van der Waals surface area contributed by atoms with Gasteiger partial charge < -0.3 is 4.74 Å². The third kappa shape index (κ3) is 2.79. The van der Waals surface area contributed by atoms with E-state index in [0.717, 1.165) is 22.4 Å². The van der Waals surface area contributed by atoms with Crippen molar-refractivity contribution in [2.75, 3.05) is 0 Å². The average Bonchev–Trinajstić information content (AvgIpc) is 2.39. The van der Waals surface area contributed by atoms with Crippen LogP contribution in [-0.2, 0) is 6.61 Å². The second kappa shape index (κ2) is 5.74. The number of ether oxygens (including phenoxy) is 1. The molecule has 0 saturated carbocycles. The van der Waals surface area contributed by atoms with Crippen LogP contribution in [0.1, 0.15) is 22.3 Å². The van der Waals surface area contributed by atoms with E-state index in [1.165, 1.54) is 6.07 Å². The molecular weight excluding hydrogens is 254 g/mol. The molecule has 20 heavy (non-hydrogen) atoms. The smallest absolute Gasteiger partial charge is 0.272 e. The van der Waals surface area contributed by atoms with Crippen LogP contribution in [0, 0.1) is 30.9 Å². The van der Waals surface area contributed by atoms with Gasteiger partial charge in [-0.1, -0.05) is 30.3 Å². The number of para-hydroxylation sites is 1. The highest BCUT2D eigenvalue weighted by Gasteiger charge is 2.14. The summed E-state index contributed by atoms with van der Waals surface area (Å²) in [5.41, 5.74) is 3.75. The molecule has 0 amide bonds. The standard InChI is InChI=1S/C16H17NO3/c1-11-6-4-7-12(2)16(11)20-10-14-8-5-9-15(13(14)3)17(18)19/h4-9H,10H2,1-3H3. The second-order valence-electron chi connectivity index (χ2n) is 4.83. The second-order valence-corrected chi connectivity index (χ2v) is 4.83. The first-order chi connectivity index (χ1) is 9.50. The van der Waals surface area contributed by atoms with Crippen LogP contribution >= 0.6 is 0 Å². The maximum atomic E-state index is 10.9. The fraction of sp³-hybridized carbons (Fsp3) is 0.250. The summed E-state index contributed by atoms with van der Waals surface area (Å²) < 4.78 is 5.85. The van der Waals surface area contributed by atoms with Crippen molar-refractivity contribution < 1.29 is 9.66 Å². The predicted octanol–water partition coefficient (Wildman–Crippen LogP) is 4.10. The fourth-order valence-electron chi connectivity index (χ4n) is 2.20. The minimum Gasteiger partial charge on any atom is -0.488 e. The molecule has 4 heteroatoms. The van der Waals surface area contributed by atoms with Gasteiger partial charge in [-0.25, -0.2) is 0 Å². The molecule has 2 rings (SSSR count). The Kier molecular flexibility index (Phi) is 4.03. The molecule has 0 radical (unpaired) electrons. The van der Waals surface area contributed by atoms with Crippen LogP contribution in [0.25, 0.3) is 0 Å². The molecule has 0 aliphatic heterocycles. The monoisotopic (exact) mass is 271 g/mol. The summed E-state index contributed by atoms with van der Waals surface area (Å²) >= 11 is 0. The molecule has 0 saturated heterocycles. The molecule has 0 fully saturated rings. The molecular formula is C16H17NO3. The van der Waals surface area contributed by atoms with Crippen molar-refractivity contribution in [3.05, 3.63) is 68.8 Å². The van der Waals surface area contributed by atoms with Gasteiger partial charge >= 0.3 is 0 Å². The maximum Gasteiger partial charge on any atom is 0.272 e. The zero-order valence-electron chi connectivity index (χ0n) is 11.8. The Labute approximate surface area is 118 Å².